The lowest BCUT2D eigenvalue weighted by Crippen LogP contribution is -2.30. The zero-order chi connectivity index (χ0) is 11.4. The highest BCUT2D eigenvalue weighted by Crippen LogP contribution is 2.17. The fourth-order valence-corrected chi connectivity index (χ4v) is 1.91. The van der Waals surface area contributed by atoms with Crippen molar-refractivity contribution in [3.63, 3.8) is 0 Å². The van der Waals surface area contributed by atoms with Gasteiger partial charge in [-0.25, -0.2) is 4.98 Å². The maximum Gasteiger partial charge on any atom is 0.132 e. The number of nitriles is 1. The third kappa shape index (κ3) is 2.84. The molecule has 2 heterocycles. The Balaban J connectivity index is 2.08. The maximum absolute atomic E-state index is 8.80. The van der Waals surface area contributed by atoms with Gasteiger partial charge in [0.05, 0.1) is 24.3 Å². The monoisotopic (exact) mass is 237 g/mol. The molecular formula is C11H12ClN3O. The topological polar surface area (TPSA) is 57.9 Å². The molecule has 4 nitrogen and oxygen atoms in total. The van der Waals surface area contributed by atoms with Gasteiger partial charge in [0.2, 0.25) is 0 Å². The van der Waals surface area contributed by atoms with Crippen molar-refractivity contribution < 1.29 is 4.74 Å². The fraction of sp³-hybridized carbons (Fsp3) is 0.455. The van der Waals surface area contributed by atoms with Gasteiger partial charge in [-0.3, -0.25) is 0 Å². The molecule has 1 aliphatic rings. The predicted octanol–water partition coefficient (Wildman–Crippen LogP) is 2.20. The number of ether oxygens (including phenoxy) is 1. The van der Waals surface area contributed by atoms with E-state index in [2.05, 4.69) is 10.3 Å². The van der Waals surface area contributed by atoms with Crippen LogP contribution in [-0.4, -0.2) is 24.2 Å². The number of rotatable bonds is 2. The average Bonchev–Trinajstić information content (AvgIpc) is 2.29. The normalized spacial score (nSPS) is 20.1. The van der Waals surface area contributed by atoms with E-state index in [1.165, 1.54) is 0 Å². The van der Waals surface area contributed by atoms with E-state index in [1.54, 1.807) is 12.1 Å². The molecule has 1 N–H and O–H groups in total. The minimum Gasteiger partial charge on any atom is -0.379 e. The molecule has 5 heteroatoms. The first-order valence-corrected chi connectivity index (χ1v) is 5.57. The van der Waals surface area contributed by atoms with Gasteiger partial charge >= 0.3 is 0 Å². The van der Waals surface area contributed by atoms with Gasteiger partial charge in [0, 0.05) is 6.61 Å². The molecule has 1 atom stereocenters. The van der Waals surface area contributed by atoms with Gasteiger partial charge in [-0.2, -0.15) is 5.26 Å². The van der Waals surface area contributed by atoms with Crippen LogP contribution in [0.15, 0.2) is 12.1 Å². The molecule has 0 radical (unpaired) electrons. The summed E-state index contributed by atoms with van der Waals surface area (Å²) in [6, 6.07) is 5.55. The quantitative estimate of drug-likeness (QED) is 0.802. The summed E-state index contributed by atoms with van der Waals surface area (Å²) >= 11 is 5.81. The van der Waals surface area contributed by atoms with Crippen molar-refractivity contribution in [1.82, 2.24) is 4.98 Å². The summed E-state index contributed by atoms with van der Waals surface area (Å²) in [6.45, 7) is 1.50. The van der Waals surface area contributed by atoms with Crippen molar-refractivity contribution in [3.8, 4) is 6.07 Å². The lowest BCUT2D eigenvalue weighted by atomic mass is 10.1. The summed E-state index contributed by atoms with van der Waals surface area (Å²) in [5.41, 5.74) is 0.513. The zero-order valence-electron chi connectivity index (χ0n) is 8.74. The number of nitrogens with one attached hydrogen (secondary N) is 1. The molecular weight excluding hydrogens is 226 g/mol. The van der Waals surface area contributed by atoms with E-state index < -0.39 is 0 Å². The summed E-state index contributed by atoms with van der Waals surface area (Å²) in [7, 11) is 0. The average molecular weight is 238 g/mol. The summed E-state index contributed by atoms with van der Waals surface area (Å²) in [5, 5.41) is 12.4. The van der Waals surface area contributed by atoms with Crippen molar-refractivity contribution in [2.24, 2.45) is 0 Å². The highest BCUT2D eigenvalue weighted by molar-refractivity contribution is 6.29. The van der Waals surface area contributed by atoms with Crippen molar-refractivity contribution in [2.75, 3.05) is 18.5 Å². The maximum atomic E-state index is 8.80. The van der Waals surface area contributed by atoms with E-state index in [4.69, 9.17) is 21.6 Å². The molecule has 0 aromatic carbocycles. The lowest BCUT2D eigenvalue weighted by Gasteiger charge is -2.23. The molecule has 2 rings (SSSR count). The summed E-state index contributed by atoms with van der Waals surface area (Å²) in [5.74, 6) is 0.638. The number of nitrogens with zero attached hydrogens (tertiary/aromatic N) is 2. The molecule has 1 saturated heterocycles. The zero-order valence-corrected chi connectivity index (χ0v) is 9.50. The highest BCUT2D eigenvalue weighted by atomic mass is 35.5. The number of halogens is 1. The Morgan fingerprint density at radius 2 is 2.44 bits per heavy atom. The molecule has 84 valence electrons. The molecule has 0 amide bonds. The van der Waals surface area contributed by atoms with Crippen LogP contribution in [0.2, 0.25) is 5.15 Å². The second kappa shape index (κ2) is 5.15. The van der Waals surface area contributed by atoms with E-state index >= 15 is 0 Å². The van der Waals surface area contributed by atoms with Crippen molar-refractivity contribution >= 4 is 17.4 Å². The molecule has 1 aromatic heterocycles. The first-order valence-electron chi connectivity index (χ1n) is 5.20. The third-order valence-corrected chi connectivity index (χ3v) is 2.63. The molecule has 16 heavy (non-hydrogen) atoms. The van der Waals surface area contributed by atoms with E-state index in [1.807, 2.05) is 6.07 Å². The van der Waals surface area contributed by atoms with Gasteiger partial charge in [-0.15, -0.1) is 0 Å². The van der Waals surface area contributed by atoms with Gasteiger partial charge in [-0.1, -0.05) is 11.6 Å². The highest BCUT2D eigenvalue weighted by Gasteiger charge is 2.14. The summed E-state index contributed by atoms with van der Waals surface area (Å²) in [4.78, 5) is 4.12. The molecule has 1 aromatic rings. The van der Waals surface area contributed by atoms with E-state index in [0.717, 1.165) is 19.4 Å². The first-order chi connectivity index (χ1) is 7.78. The van der Waals surface area contributed by atoms with Crippen LogP contribution in [0.5, 0.6) is 0 Å². The Bertz CT molecular complexity index is 410. The van der Waals surface area contributed by atoms with Crippen LogP contribution in [0.25, 0.3) is 0 Å². The Morgan fingerprint density at radius 3 is 3.12 bits per heavy atom. The lowest BCUT2D eigenvalue weighted by molar-refractivity contribution is 0.0875. The Kier molecular flexibility index (Phi) is 3.60. The van der Waals surface area contributed by atoms with Crippen LogP contribution in [-0.2, 0) is 4.74 Å². The van der Waals surface area contributed by atoms with Gasteiger partial charge in [-0.05, 0) is 25.0 Å². The van der Waals surface area contributed by atoms with Crippen LogP contribution < -0.4 is 5.32 Å². The second-order valence-corrected chi connectivity index (χ2v) is 4.12. The van der Waals surface area contributed by atoms with E-state index in [0.29, 0.717) is 23.1 Å². The standard InChI is InChI=1S/C11H12ClN3O/c12-10-4-8(6-13)5-11(15-10)14-9-2-1-3-16-7-9/h4-5,9H,1-3,7H2,(H,14,15). The number of anilines is 1. The van der Waals surface area contributed by atoms with Gasteiger partial charge in [0.25, 0.3) is 0 Å². The van der Waals surface area contributed by atoms with E-state index in [9.17, 15) is 0 Å². The molecule has 1 unspecified atom stereocenters. The minimum absolute atomic E-state index is 0.256. The SMILES string of the molecule is N#Cc1cc(Cl)nc(NC2CCCOC2)c1. The van der Waals surface area contributed by atoms with Crippen LogP contribution in [0.3, 0.4) is 0 Å². The van der Waals surface area contributed by atoms with Crippen LogP contribution in [0, 0.1) is 11.3 Å². The first kappa shape index (κ1) is 11.2. The van der Waals surface area contributed by atoms with E-state index in [-0.39, 0.29) is 6.04 Å². The van der Waals surface area contributed by atoms with Gasteiger partial charge < -0.3 is 10.1 Å². The minimum atomic E-state index is 0.256. The number of pyridine rings is 1. The van der Waals surface area contributed by atoms with Crippen molar-refractivity contribution in [1.29, 1.82) is 5.26 Å². The predicted molar refractivity (Wildman–Crippen MR) is 61.4 cm³/mol. The van der Waals surface area contributed by atoms with Gasteiger partial charge in [0.1, 0.15) is 11.0 Å². The molecule has 0 bridgehead atoms. The fourth-order valence-electron chi connectivity index (χ4n) is 1.70. The van der Waals surface area contributed by atoms with Crippen molar-refractivity contribution in [2.45, 2.75) is 18.9 Å². The Hall–Kier alpha value is -1.31. The van der Waals surface area contributed by atoms with Gasteiger partial charge in [0.15, 0.2) is 0 Å². The number of hydrogen-bond acceptors (Lipinski definition) is 4. The molecule has 0 aliphatic carbocycles. The second-order valence-electron chi connectivity index (χ2n) is 3.73. The largest absolute Gasteiger partial charge is 0.379 e. The number of hydrogen-bond donors (Lipinski definition) is 1. The van der Waals surface area contributed by atoms with Crippen LogP contribution >= 0.6 is 11.6 Å². The Labute approximate surface area is 99.2 Å². The smallest absolute Gasteiger partial charge is 0.132 e. The summed E-state index contributed by atoms with van der Waals surface area (Å²) in [6.07, 6.45) is 2.10. The van der Waals surface area contributed by atoms with Crippen LogP contribution in [0.1, 0.15) is 18.4 Å². The van der Waals surface area contributed by atoms with Crippen molar-refractivity contribution in [3.05, 3.63) is 22.8 Å². The molecule has 1 fully saturated rings. The summed E-state index contributed by atoms with van der Waals surface area (Å²) < 4.78 is 5.35. The molecule has 1 aliphatic heterocycles. The Morgan fingerprint density at radius 1 is 1.56 bits per heavy atom. The molecule has 0 saturated carbocycles. The molecule has 0 spiro atoms. The van der Waals surface area contributed by atoms with Crippen LogP contribution in [0.4, 0.5) is 5.82 Å². The number of aromatic nitrogens is 1. The third-order valence-electron chi connectivity index (χ3n) is 2.44.